The average Bonchev–Trinajstić information content (AvgIpc) is 2.73. The highest BCUT2D eigenvalue weighted by Gasteiger charge is 2.15. The normalized spacial score (nSPS) is 10.6. The lowest BCUT2D eigenvalue weighted by atomic mass is 10.2. The van der Waals surface area contributed by atoms with Crippen molar-refractivity contribution >= 4 is 29.2 Å². The molecule has 0 fully saturated rings. The maximum Gasteiger partial charge on any atom is 0.356 e. The number of hydrogen-bond acceptors (Lipinski definition) is 2. The molecule has 0 aliphatic heterocycles. The van der Waals surface area contributed by atoms with E-state index in [1.54, 1.807) is 18.2 Å². The molecule has 1 aromatic carbocycles. The number of nitrogens with zero attached hydrogens (tertiary/aromatic N) is 2. The van der Waals surface area contributed by atoms with Crippen LogP contribution in [-0.2, 0) is 6.42 Å². The van der Waals surface area contributed by atoms with Gasteiger partial charge in [0.05, 0.1) is 10.7 Å². The van der Waals surface area contributed by atoms with E-state index in [1.807, 2.05) is 6.92 Å². The van der Waals surface area contributed by atoms with Crippen molar-refractivity contribution in [2.75, 3.05) is 0 Å². The minimum Gasteiger partial charge on any atom is -0.476 e. The first-order valence-corrected chi connectivity index (χ1v) is 6.06. The van der Waals surface area contributed by atoms with Crippen molar-refractivity contribution in [3.05, 3.63) is 45.7 Å². The summed E-state index contributed by atoms with van der Waals surface area (Å²) < 4.78 is 1.53. The van der Waals surface area contributed by atoms with E-state index in [9.17, 15) is 4.79 Å². The number of aryl methyl sites for hydroxylation is 1. The van der Waals surface area contributed by atoms with Crippen LogP contribution in [-0.4, -0.2) is 20.9 Å². The summed E-state index contributed by atoms with van der Waals surface area (Å²) in [5.41, 5.74) is 1.39. The summed E-state index contributed by atoms with van der Waals surface area (Å²) in [6.45, 7) is 1.92. The number of rotatable bonds is 3. The largest absolute Gasteiger partial charge is 0.476 e. The third-order valence-corrected chi connectivity index (χ3v) is 3.04. The lowest BCUT2D eigenvalue weighted by Crippen LogP contribution is -2.04. The van der Waals surface area contributed by atoms with Crippen LogP contribution in [0.25, 0.3) is 5.69 Å². The Morgan fingerprint density at radius 1 is 1.39 bits per heavy atom. The molecule has 2 aromatic rings. The second kappa shape index (κ2) is 5.00. The van der Waals surface area contributed by atoms with Gasteiger partial charge in [0.25, 0.3) is 0 Å². The van der Waals surface area contributed by atoms with Crippen LogP contribution in [0.3, 0.4) is 0 Å². The van der Waals surface area contributed by atoms with E-state index in [1.165, 1.54) is 10.7 Å². The number of aromatic nitrogens is 2. The lowest BCUT2D eigenvalue weighted by Gasteiger charge is -2.07. The van der Waals surface area contributed by atoms with E-state index in [4.69, 9.17) is 28.3 Å². The number of carboxylic acids is 1. The first-order valence-electron chi connectivity index (χ1n) is 5.30. The van der Waals surface area contributed by atoms with Gasteiger partial charge in [-0.25, -0.2) is 9.48 Å². The number of aromatic carboxylic acids is 1. The Morgan fingerprint density at radius 2 is 2.11 bits per heavy atom. The van der Waals surface area contributed by atoms with Gasteiger partial charge in [0.1, 0.15) is 0 Å². The molecular formula is C12H10Cl2N2O2. The molecule has 1 heterocycles. The molecule has 0 unspecified atom stereocenters. The van der Waals surface area contributed by atoms with E-state index in [2.05, 4.69) is 5.10 Å². The molecule has 0 saturated heterocycles. The smallest absolute Gasteiger partial charge is 0.356 e. The summed E-state index contributed by atoms with van der Waals surface area (Å²) in [7, 11) is 0. The zero-order chi connectivity index (χ0) is 13.3. The molecule has 0 radical (unpaired) electrons. The van der Waals surface area contributed by atoms with Crippen molar-refractivity contribution in [2.45, 2.75) is 13.3 Å². The van der Waals surface area contributed by atoms with Crippen molar-refractivity contribution < 1.29 is 9.90 Å². The number of benzene rings is 1. The first kappa shape index (κ1) is 12.9. The molecule has 0 aliphatic carbocycles. The van der Waals surface area contributed by atoms with Gasteiger partial charge < -0.3 is 5.11 Å². The molecule has 0 saturated carbocycles. The van der Waals surface area contributed by atoms with Gasteiger partial charge in [-0.3, -0.25) is 0 Å². The van der Waals surface area contributed by atoms with E-state index in [0.717, 1.165) is 5.69 Å². The van der Waals surface area contributed by atoms with E-state index >= 15 is 0 Å². The molecule has 18 heavy (non-hydrogen) atoms. The van der Waals surface area contributed by atoms with Crippen LogP contribution in [0.15, 0.2) is 24.3 Å². The highest BCUT2D eigenvalue weighted by molar-refractivity contribution is 6.35. The molecule has 4 nitrogen and oxygen atoms in total. The summed E-state index contributed by atoms with van der Waals surface area (Å²) in [5, 5.41) is 13.9. The van der Waals surface area contributed by atoms with Crippen LogP contribution in [0.1, 0.15) is 23.1 Å². The molecule has 2 rings (SSSR count). The standard InChI is InChI=1S/C12H10Cl2N2O2/c1-2-8-6-10(12(17)18)15-16(8)11-4-3-7(13)5-9(11)14/h3-6H,2H2,1H3,(H,17,18). The summed E-state index contributed by atoms with van der Waals surface area (Å²) in [6.07, 6.45) is 0.652. The molecule has 0 bridgehead atoms. The topological polar surface area (TPSA) is 55.1 Å². The predicted octanol–water partition coefficient (Wildman–Crippen LogP) is 3.44. The fourth-order valence-corrected chi connectivity index (χ4v) is 2.13. The summed E-state index contributed by atoms with van der Waals surface area (Å²) >= 11 is 11.9. The number of halogens is 2. The SMILES string of the molecule is CCc1cc(C(=O)O)nn1-c1ccc(Cl)cc1Cl. The van der Waals surface area contributed by atoms with Gasteiger partial charge in [0.2, 0.25) is 0 Å². The van der Waals surface area contributed by atoms with Crippen molar-refractivity contribution in [3.63, 3.8) is 0 Å². The quantitative estimate of drug-likeness (QED) is 0.939. The summed E-state index contributed by atoms with van der Waals surface area (Å²) in [4.78, 5) is 10.9. The Hall–Kier alpha value is -1.52. The van der Waals surface area contributed by atoms with Crippen LogP contribution in [0, 0.1) is 0 Å². The van der Waals surface area contributed by atoms with Gasteiger partial charge in [-0.05, 0) is 30.7 Å². The van der Waals surface area contributed by atoms with Crippen LogP contribution in [0.4, 0.5) is 0 Å². The number of hydrogen-bond donors (Lipinski definition) is 1. The van der Waals surface area contributed by atoms with Crippen LogP contribution in [0.5, 0.6) is 0 Å². The highest BCUT2D eigenvalue weighted by atomic mass is 35.5. The van der Waals surface area contributed by atoms with Crippen LogP contribution < -0.4 is 0 Å². The zero-order valence-corrected chi connectivity index (χ0v) is 11.0. The second-order valence-electron chi connectivity index (χ2n) is 3.69. The van der Waals surface area contributed by atoms with Crippen molar-refractivity contribution in [3.8, 4) is 5.69 Å². The molecule has 0 aliphatic rings. The van der Waals surface area contributed by atoms with Gasteiger partial charge >= 0.3 is 5.97 Å². The minimum atomic E-state index is -1.06. The number of carbonyl (C=O) groups is 1. The Bertz CT molecular complexity index is 608. The third kappa shape index (κ3) is 2.35. The van der Waals surface area contributed by atoms with Crippen molar-refractivity contribution in [1.29, 1.82) is 0 Å². The zero-order valence-electron chi connectivity index (χ0n) is 9.52. The lowest BCUT2D eigenvalue weighted by molar-refractivity contribution is 0.0690. The first-order chi connectivity index (χ1) is 8.52. The van der Waals surface area contributed by atoms with E-state index in [-0.39, 0.29) is 5.69 Å². The highest BCUT2D eigenvalue weighted by Crippen LogP contribution is 2.25. The second-order valence-corrected chi connectivity index (χ2v) is 4.53. The van der Waals surface area contributed by atoms with Crippen LogP contribution >= 0.6 is 23.2 Å². The molecule has 1 aromatic heterocycles. The molecule has 94 valence electrons. The fourth-order valence-electron chi connectivity index (χ4n) is 1.64. The van der Waals surface area contributed by atoms with E-state index in [0.29, 0.717) is 22.2 Å². The van der Waals surface area contributed by atoms with E-state index < -0.39 is 5.97 Å². The minimum absolute atomic E-state index is 0.00198. The summed E-state index contributed by atoms with van der Waals surface area (Å²) in [5.74, 6) is -1.06. The Labute approximate surface area is 114 Å². The maximum absolute atomic E-state index is 10.9. The molecule has 6 heteroatoms. The molecule has 1 N–H and O–H groups in total. The third-order valence-electron chi connectivity index (χ3n) is 2.50. The van der Waals surface area contributed by atoms with Crippen LogP contribution in [0.2, 0.25) is 10.0 Å². The van der Waals surface area contributed by atoms with Gasteiger partial charge in [0.15, 0.2) is 5.69 Å². The van der Waals surface area contributed by atoms with Gasteiger partial charge in [-0.1, -0.05) is 30.1 Å². The monoisotopic (exact) mass is 284 g/mol. The number of carboxylic acid groups (broad SMARTS) is 1. The molecule has 0 spiro atoms. The Balaban J connectivity index is 2.58. The Kier molecular flexibility index (Phi) is 3.59. The van der Waals surface area contributed by atoms with Gasteiger partial charge in [-0.15, -0.1) is 0 Å². The van der Waals surface area contributed by atoms with Gasteiger partial charge in [0, 0.05) is 10.7 Å². The fraction of sp³-hybridized carbons (Fsp3) is 0.167. The summed E-state index contributed by atoms with van der Waals surface area (Å²) in [6, 6.07) is 6.53. The predicted molar refractivity (Wildman–Crippen MR) is 69.9 cm³/mol. The molecular weight excluding hydrogens is 275 g/mol. The Morgan fingerprint density at radius 3 is 2.67 bits per heavy atom. The maximum atomic E-state index is 10.9. The average molecular weight is 285 g/mol. The van der Waals surface area contributed by atoms with Gasteiger partial charge in [-0.2, -0.15) is 5.10 Å². The van der Waals surface area contributed by atoms with Crippen molar-refractivity contribution in [2.24, 2.45) is 0 Å². The van der Waals surface area contributed by atoms with Crippen molar-refractivity contribution in [1.82, 2.24) is 9.78 Å². The molecule has 0 amide bonds. The molecule has 0 atom stereocenters.